The van der Waals surface area contributed by atoms with Crippen LogP contribution in [0, 0.1) is 0 Å². The number of aliphatic imine (C=N–C) groups is 1. The molecule has 0 saturated carbocycles. The van der Waals surface area contributed by atoms with Gasteiger partial charge in [-0.25, -0.2) is 4.99 Å². The van der Waals surface area contributed by atoms with Crippen LogP contribution in [-0.4, -0.2) is 31.8 Å². The number of ether oxygens (including phenoxy) is 1. The molecule has 1 aromatic carbocycles. The SMILES string of the molecule is CCCNC(=NCc1ccc(COCC(F)(F)F)cc1)NCC. The molecule has 7 heteroatoms. The van der Waals surface area contributed by atoms with E-state index in [0.717, 1.165) is 31.0 Å². The fourth-order valence-corrected chi connectivity index (χ4v) is 1.78. The largest absolute Gasteiger partial charge is 0.411 e. The standard InChI is InChI=1S/C16H24F3N3O/c1-3-9-21-15(20-4-2)22-10-13-5-7-14(8-6-13)11-23-12-16(17,18)19/h5-8H,3-4,9-12H2,1-2H3,(H2,20,21,22). The van der Waals surface area contributed by atoms with Crippen molar-refractivity contribution in [1.29, 1.82) is 0 Å². The van der Waals surface area contributed by atoms with Gasteiger partial charge in [-0.1, -0.05) is 31.2 Å². The number of benzene rings is 1. The number of halogens is 3. The second-order valence-corrected chi connectivity index (χ2v) is 5.05. The first kappa shape index (κ1) is 19.3. The van der Waals surface area contributed by atoms with Gasteiger partial charge in [0.1, 0.15) is 6.61 Å². The minimum absolute atomic E-state index is 0.0518. The summed E-state index contributed by atoms with van der Waals surface area (Å²) in [4.78, 5) is 4.46. The van der Waals surface area contributed by atoms with E-state index in [1.807, 2.05) is 19.1 Å². The second kappa shape index (κ2) is 10.1. The lowest BCUT2D eigenvalue weighted by Crippen LogP contribution is -2.37. The zero-order valence-corrected chi connectivity index (χ0v) is 13.5. The molecule has 0 spiro atoms. The fraction of sp³-hybridized carbons (Fsp3) is 0.562. The van der Waals surface area contributed by atoms with E-state index in [0.29, 0.717) is 12.1 Å². The molecule has 0 aliphatic rings. The van der Waals surface area contributed by atoms with Crippen LogP contribution in [0.25, 0.3) is 0 Å². The van der Waals surface area contributed by atoms with E-state index >= 15 is 0 Å². The van der Waals surface area contributed by atoms with Gasteiger partial charge >= 0.3 is 6.18 Å². The van der Waals surface area contributed by atoms with Gasteiger partial charge in [-0.05, 0) is 24.5 Å². The van der Waals surface area contributed by atoms with Crippen molar-refractivity contribution in [2.24, 2.45) is 4.99 Å². The monoisotopic (exact) mass is 331 g/mol. The summed E-state index contributed by atoms with van der Waals surface area (Å²) < 4.78 is 40.6. The van der Waals surface area contributed by atoms with Gasteiger partial charge in [0, 0.05) is 13.1 Å². The summed E-state index contributed by atoms with van der Waals surface area (Å²) in [6, 6.07) is 7.21. The summed E-state index contributed by atoms with van der Waals surface area (Å²) in [5.41, 5.74) is 1.69. The zero-order valence-electron chi connectivity index (χ0n) is 13.5. The number of alkyl halides is 3. The Kier molecular flexibility index (Phi) is 8.47. The number of nitrogens with one attached hydrogen (secondary N) is 2. The van der Waals surface area contributed by atoms with Crippen molar-refractivity contribution in [1.82, 2.24) is 10.6 Å². The molecule has 4 nitrogen and oxygen atoms in total. The summed E-state index contributed by atoms with van der Waals surface area (Å²) in [7, 11) is 0. The molecule has 0 unspecified atom stereocenters. The van der Waals surface area contributed by atoms with E-state index in [1.54, 1.807) is 12.1 Å². The van der Waals surface area contributed by atoms with Crippen LogP contribution >= 0.6 is 0 Å². The molecule has 0 atom stereocenters. The molecule has 2 N–H and O–H groups in total. The molecule has 0 bridgehead atoms. The van der Waals surface area contributed by atoms with E-state index in [-0.39, 0.29) is 6.61 Å². The minimum Gasteiger partial charge on any atom is -0.367 e. The first-order chi connectivity index (χ1) is 10.9. The molecule has 0 saturated heterocycles. The van der Waals surface area contributed by atoms with Crippen molar-refractivity contribution in [3.63, 3.8) is 0 Å². The van der Waals surface area contributed by atoms with Crippen LogP contribution in [0.4, 0.5) is 13.2 Å². The average Bonchev–Trinajstić information content (AvgIpc) is 2.50. The minimum atomic E-state index is -4.29. The topological polar surface area (TPSA) is 45.7 Å². The van der Waals surface area contributed by atoms with Gasteiger partial charge in [-0.2, -0.15) is 13.2 Å². The maximum Gasteiger partial charge on any atom is 0.411 e. The lowest BCUT2D eigenvalue weighted by atomic mass is 10.1. The van der Waals surface area contributed by atoms with Crippen molar-refractivity contribution in [2.75, 3.05) is 19.7 Å². The van der Waals surface area contributed by atoms with Crippen LogP contribution in [0.3, 0.4) is 0 Å². The second-order valence-electron chi connectivity index (χ2n) is 5.05. The van der Waals surface area contributed by atoms with Gasteiger partial charge < -0.3 is 15.4 Å². The van der Waals surface area contributed by atoms with Gasteiger partial charge in [0.05, 0.1) is 13.2 Å². The summed E-state index contributed by atoms with van der Waals surface area (Å²) >= 11 is 0. The van der Waals surface area contributed by atoms with Crippen LogP contribution in [0.1, 0.15) is 31.4 Å². The molecule has 1 rings (SSSR count). The predicted octanol–water partition coefficient (Wildman–Crippen LogP) is 3.23. The molecule has 130 valence electrons. The summed E-state index contributed by atoms with van der Waals surface area (Å²) in [5.74, 6) is 0.756. The van der Waals surface area contributed by atoms with Gasteiger partial charge in [0.25, 0.3) is 0 Å². The molecule has 1 aromatic rings. The normalized spacial score (nSPS) is 12.3. The van der Waals surface area contributed by atoms with Crippen molar-refractivity contribution in [3.8, 4) is 0 Å². The maximum absolute atomic E-state index is 12.0. The quantitative estimate of drug-likeness (QED) is 0.568. The average molecular weight is 331 g/mol. The fourth-order valence-electron chi connectivity index (χ4n) is 1.78. The van der Waals surface area contributed by atoms with Crippen molar-refractivity contribution in [2.45, 2.75) is 39.6 Å². The Morgan fingerprint density at radius 3 is 2.30 bits per heavy atom. The lowest BCUT2D eigenvalue weighted by Gasteiger charge is -2.10. The number of hydrogen-bond donors (Lipinski definition) is 2. The summed E-state index contributed by atoms with van der Waals surface area (Å²) in [6.07, 6.45) is -3.28. The molecule has 0 aromatic heterocycles. The number of guanidine groups is 1. The lowest BCUT2D eigenvalue weighted by molar-refractivity contribution is -0.176. The smallest absolute Gasteiger partial charge is 0.367 e. The van der Waals surface area contributed by atoms with Gasteiger partial charge in [-0.3, -0.25) is 0 Å². The molecule has 23 heavy (non-hydrogen) atoms. The molecule has 0 radical (unpaired) electrons. The van der Waals surface area contributed by atoms with Gasteiger partial charge in [-0.15, -0.1) is 0 Å². The Balaban J connectivity index is 2.48. The highest BCUT2D eigenvalue weighted by atomic mass is 19.4. The third-order valence-electron chi connectivity index (χ3n) is 2.86. The number of rotatable bonds is 8. The Morgan fingerprint density at radius 2 is 1.74 bits per heavy atom. The third-order valence-corrected chi connectivity index (χ3v) is 2.86. The number of hydrogen-bond acceptors (Lipinski definition) is 2. The Labute approximate surface area is 135 Å². The Bertz CT molecular complexity index is 472. The molecule has 0 amide bonds. The Hall–Kier alpha value is -1.76. The van der Waals surface area contributed by atoms with Crippen molar-refractivity contribution in [3.05, 3.63) is 35.4 Å². The Morgan fingerprint density at radius 1 is 1.09 bits per heavy atom. The first-order valence-corrected chi connectivity index (χ1v) is 7.69. The van der Waals surface area contributed by atoms with Crippen LogP contribution in [-0.2, 0) is 17.9 Å². The summed E-state index contributed by atoms with van der Waals surface area (Å²) in [6.45, 7) is 4.93. The van der Waals surface area contributed by atoms with E-state index in [4.69, 9.17) is 0 Å². The molecule has 0 aliphatic carbocycles. The predicted molar refractivity (Wildman–Crippen MR) is 85.3 cm³/mol. The van der Waals surface area contributed by atoms with E-state index in [1.165, 1.54) is 0 Å². The zero-order chi connectivity index (χ0) is 17.1. The highest BCUT2D eigenvalue weighted by Crippen LogP contribution is 2.15. The van der Waals surface area contributed by atoms with Crippen LogP contribution in [0.5, 0.6) is 0 Å². The van der Waals surface area contributed by atoms with Crippen LogP contribution < -0.4 is 10.6 Å². The summed E-state index contributed by atoms with van der Waals surface area (Å²) in [5, 5.41) is 6.36. The van der Waals surface area contributed by atoms with Crippen LogP contribution in [0.15, 0.2) is 29.3 Å². The molecule has 0 aliphatic heterocycles. The van der Waals surface area contributed by atoms with E-state index in [2.05, 4.69) is 27.3 Å². The first-order valence-electron chi connectivity index (χ1n) is 7.69. The van der Waals surface area contributed by atoms with E-state index < -0.39 is 12.8 Å². The van der Waals surface area contributed by atoms with Gasteiger partial charge in [0.15, 0.2) is 5.96 Å². The van der Waals surface area contributed by atoms with E-state index in [9.17, 15) is 13.2 Å². The van der Waals surface area contributed by atoms with Gasteiger partial charge in [0.2, 0.25) is 0 Å². The third kappa shape index (κ3) is 9.07. The molecular formula is C16H24F3N3O. The molecule has 0 fully saturated rings. The van der Waals surface area contributed by atoms with Crippen molar-refractivity contribution >= 4 is 5.96 Å². The van der Waals surface area contributed by atoms with Crippen molar-refractivity contribution < 1.29 is 17.9 Å². The highest BCUT2D eigenvalue weighted by molar-refractivity contribution is 5.79. The van der Waals surface area contributed by atoms with Crippen LogP contribution in [0.2, 0.25) is 0 Å². The number of nitrogens with zero attached hydrogens (tertiary/aromatic N) is 1. The highest BCUT2D eigenvalue weighted by Gasteiger charge is 2.27. The molecule has 0 heterocycles. The molecular weight excluding hydrogens is 307 g/mol. The maximum atomic E-state index is 12.0.